The summed E-state index contributed by atoms with van der Waals surface area (Å²) in [6.45, 7) is 4.67. The number of imidazole rings is 2. The second-order valence-corrected chi connectivity index (χ2v) is 13.9. The van der Waals surface area contributed by atoms with Crippen molar-refractivity contribution in [3.05, 3.63) is 84.7 Å². The number of aromatic nitrogens is 4. The van der Waals surface area contributed by atoms with Gasteiger partial charge in [-0.1, -0.05) is 48.5 Å². The van der Waals surface area contributed by atoms with Crippen LogP contribution < -0.4 is 10.6 Å². The van der Waals surface area contributed by atoms with E-state index in [2.05, 4.69) is 77.8 Å². The molecule has 15 heteroatoms. The van der Waals surface area contributed by atoms with E-state index in [0.717, 1.165) is 44.4 Å². The third-order valence-electron chi connectivity index (χ3n) is 10.6. The van der Waals surface area contributed by atoms with Crippen molar-refractivity contribution < 1.29 is 33.4 Å². The average molecular weight is 765 g/mol. The Morgan fingerprint density at radius 3 is 1.88 bits per heavy atom. The van der Waals surface area contributed by atoms with E-state index >= 15 is 0 Å². The molecule has 3 atom stereocenters. The largest absolute Gasteiger partial charge is 0.453 e. The standard InChI is InChI=1S/C41H48N8O7/c1-24(48(3)35(50)23-44-40(52)54-5)37-42-21-33(45-37)27-9-7-26(8-10-27)29-11-12-31-20-32(14-13-30(31)19-29)34-22-43-38(46-34)25(2)49(4)39(51)36(47-41(53)55-6)28-15-17-56-18-16-28/h7-14,19-22,24-25,28,36H,15-18,23H2,1-6H3,(H,42,45)(H,43,46)(H,44,52)(H,47,53)/t24-,25-,36-/m0/s1. The lowest BCUT2D eigenvalue weighted by Crippen LogP contribution is -2.52. The molecule has 1 aliphatic heterocycles. The number of benzene rings is 3. The first-order valence-corrected chi connectivity index (χ1v) is 18.5. The van der Waals surface area contributed by atoms with Crippen LogP contribution in [0, 0.1) is 5.92 Å². The molecule has 15 nitrogen and oxygen atoms in total. The van der Waals surface area contributed by atoms with Crippen molar-refractivity contribution in [2.45, 2.75) is 44.8 Å². The molecule has 1 aliphatic rings. The molecule has 3 heterocycles. The van der Waals surface area contributed by atoms with Crippen LogP contribution >= 0.6 is 0 Å². The number of likely N-dealkylation sites (N-methyl/N-ethyl adjacent to an activating group) is 2. The number of H-pyrrole nitrogens is 2. The van der Waals surface area contributed by atoms with E-state index in [9.17, 15) is 19.2 Å². The number of ether oxygens (including phenoxy) is 3. The summed E-state index contributed by atoms with van der Waals surface area (Å²) in [5.41, 5.74) is 5.69. The first-order valence-electron chi connectivity index (χ1n) is 18.5. The van der Waals surface area contributed by atoms with Crippen LogP contribution in [0.5, 0.6) is 0 Å². The number of rotatable bonds is 12. The molecule has 0 bridgehead atoms. The van der Waals surface area contributed by atoms with Crippen molar-refractivity contribution in [2.75, 3.05) is 48.1 Å². The summed E-state index contributed by atoms with van der Waals surface area (Å²) >= 11 is 0. The highest BCUT2D eigenvalue weighted by molar-refractivity contribution is 5.91. The quantitative estimate of drug-likeness (QED) is 0.121. The second-order valence-electron chi connectivity index (χ2n) is 13.9. The van der Waals surface area contributed by atoms with Crippen molar-refractivity contribution in [3.8, 4) is 33.6 Å². The first kappa shape index (κ1) is 39.5. The third kappa shape index (κ3) is 8.84. The van der Waals surface area contributed by atoms with Crippen LogP contribution in [0.15, 0.2) is 73.1 Å². The maximum Gasteiger partial charge on any atom is 0.407 e. The molecule has 1 fully saturated rings. The summed E-state index contributed by atoms with van der Waals surface area (Å²) in [5.74, 6) is 0.712. The number of nitrogens with zero attached hydrogens (tertiary/aromatic N) is 4. The Kier molecular flexibility index (Phi) is 12.3. The average Bonchev–Trinajstić information content (AvgIpc) is 3.95. The van der Waals surface area contributed by atoms with Crippen LogP contribution in [0.3, 0.4) is 0 Å². The van der Waals surface area contributed by atoms with Gasteiger partial charge < -0.3 is 44.6 Å². The molecule has 0 radical (unpaired) electrons. The van der Waals surface area contributed by atoms with E-state index in [1.54, 1.807) is 31.4 Å². The normalized spacial score (nSPS) is 14.7. The van der Waals surface area contributed by atoms with E-state index < -0.39 is 18.2 Å². The molecule has 4 amide bonds. The lowest BCUT2D eigenvalue weighted by atomic mass is 9.90. The van der Waals surface area contributed by atoms with Crippen LogP contribution in [0.2, 0.25) is 0 Å². The summed E-state index contributed by atoms with van der Waals surface area (Å²) in [7, 11) is 5.91. The van der Waals surface area contributed by atoms with Crippen molar-refractivity contribution in [1.82, 2.24) is 40.4 Å². The van der Waals surface area contributed by atoms with Gasteiger partial charge in [-0.2, -0.15) is 0 Å². The van der Waals surface area contributed by atoms with Gasteiger partial charge in [0, 0.05) is 32.9 Å². The molecular weight excluding hydrogens is 716 g/mol. The number of hydrogen-bond acceptors (Lipinski definition) is 9. The Hall–Kier alpha value is -6.22. The number of hydrogen-bond donors (Lipinski definition) is 4. The molecule has 1 saturated heterocycles. The lowest BCUT2D eigenvalue weighted by Gasteiger charge is -2.34. The van der Waals surface area contributed by atoms with Gasteiger partial charge in [0.15, 0.2) is 0 Å². The van der Waals surface area contributed by atoms with Crippen molar-refractivity contribution >= 4 is 34.8 Å². The predicted molar refractivity (Wildman–Crippen MR) is 210 cm³/mol. The van der Waals surface area contributed by atoms with E-state index in [-0.39, 0.29) is 36.4 Å². The molecule has 0 saturated carbocycles. The minimum Gasteiger partial charge on any atom is -0.453 e. The Bertz CT molecular complexity index is 2180. The highest BCUT2D eigenvalue weighted by Crippen LogP contribution is 2.31. The molecular formula is C41H48N8O7. The molecule has 4 N–H and O–H groups in total. The summed E-state index contributed by atoms with van der Waals surface area (Å²) in [6.07, 6.45) is 3.55. The van der Waals surface area contributed by atoms with Crippen molar-refractivity contribution in [2.24, 2.45) is 5.92 Å². The van der Waals surface area contributed by atoms with Crippen LogP contribution in [0.25, 0.3) is 44.4 Å². The SMILES string of the molecule is COC(=O)NCC(=O)N(C)[C@@H](C)c1ncc(-c2ccc(-c3ccc4cc(-c5cnc([C@H](C)N(C)C(=O)[C@@H](NC(=O)OC)C6CCOCC6)[nH]5)ccc4c3)cc2)[nH]1. The molecule has 2 aromatic heterocycles. The lowest BCUT2D eigenvalue weighted by molar-refractivity contribution is -0.136. The number of aromatic amines is 2. The van der Waals surface area contributed by atoms with Crippen LogP contribution in [-0.4, -0.2) is 108 Å². The van der Waals surface area contributed by atoms with Gasteiger partial charge in [-0.25, -0.2) is 19.6 Å². The van der Waals surface area contributed by atoms with Gasteiger partial charge in [-0.05, 0) is 72.2 Å². The molecule has 0 unspecified atom stereocenters. The maximum absolute atomic E-state index is 13.7. The second kappa shape index (κ2) is 17.5. The van der Waals surface area contributed by atoms with Gasteiger partial charge in [0.2, 0.25) is 11.8 Å². The fourth-order valence-corrected chi connectivity index (χ4v) is 6.78. The number of methoxy groups -OCH3 is 2. The predicted octanol–water partition coefficient (Wildman–Crippen LogP) is 5.83. The summed E-state index contributed by atoms with van der Waals surface area (Å²) in [4.78, 5) is 68.7. The number of carbonyl (C=O) groups excluding carboxylic acids is 4. The van der Waals surface area contributed by atoms with E-state index in [1.807, 2.05) is 32.0 Å². The van der Waals surface area contributed by atoms with Gasteiger partial charge in [0.25, 0.3) is 0 Å². The van der Waals surface area contributed by atoms with Gasteiger partial charge in [0.1, 0.15) is 24.2 Å². The van der Waals surface area contributed by atoms with Crippen LogP contribution in [-0.2, 0) is 23.8 Å². The van der Waals surface area contributed by atoms with Crippen LogP contribution in [0.4, 0.5) is 9.59 Å². The van der Waals surface area contributed by atoms with Gasteiger partial charge in [-0.3, -0.25) is 9.59 Å². The minimum atomic E-state index is -0.729. The zero-order valence-electron chi connectivity index (χ0n) is 32.4. The minimum absolute atomic E-state index is 0.0567. The highest BCUT2D eigenvalue weighted by atomic mass is 16.5. The van der Waals surface area contributed by atoms with Crippen LogP contribution in [0.1, 0.15) is 50.4 Å². The number of amides is 4. The summed E-state index contributed by atoms with van der Waals surface area (Å²) in [6, 6.07) is 19.3. The van der Waals surface area contributed by atoms with Crippen molar-refractivity contribution in [3.63, 3.8) is 0 Å². The topological polar surface area (TPSA) is 184 Å². The maximum atomic E-state index is 13.7. The van der Waals surface area contributed by atoms with Gasteiger partial charge in [0.05, 0.1) is 50.1 Å². The monoisotopic (exact) mass is 764 g/mol. The fourth-order valence-electron chi connectivity index (χ4n) is 6.78. The smallest absolute Gasteiger partial charge is 0.407 e. The Morgan fingerprint density at radius 2 is 1.27 bits per heavy atom. The molecule has 5 aromatic rings. The van der Waals surface area contributed by atoms with E-state index in [4.69, 9.17) is 9.47 Å². The first-order chi connectivity index (χ1) is 27.0. The zero-order valence-corrected chi connectivity index (χ0v) is 32.4. The summed E-state index contributed by atoms with van der Waals surface area (Å²) < 4.78 is 14.8. The Balaban J connectivity index is 1.11. The Morgan fingerprint density at radius 1 is 0.750 bits per heavy atom. The number of carbonyl (C=O) groups is 4. The molecule has 0 spiro atoms. The number of fused-ring (bicyclic) bond motifs is 1. The summed E-state index contributed by atoms with van der Waals surface area (Å²) in [5, 5.41) is 7.30. The Labute approximate surface area is 325 Å². The number of nitrogens with one attached hydrogen (secondary N) is 4. The molecule has 294 valence electrons. The number of alkyl carbamates (subject to hydrolysis) is 2. The van der Waals surface area contributed by atoms with E-state index in [1.165, 1.54) is 19.1 Å². The molecule has 56 heavy (non-hydrogen) atoms. The van der Waals surface area contributed by atoms with E-state index in [0.29, 0.717) is 37.7 Å². The zero-order chi connectivity index (χ0) is 39.9. The van der Waals surface area contributed by atoms with Gasteiger partial charge >= 0.3 is 12.2 Å². The van der Waals surface area contributed by atoms with Gasteiger partial charge in [-0.15, -0.1) is 0 Å². The molecule has 6 rings (SSSR count). The fraction of sp³-hybridized carbons (Fsp3) is 0.366. The molecule has 0 aliphatic carbocycles. The van der Waals surface area contributed by atoms with Crippen molar-refractivity contribution in [1.29, 1.82) is 0 Å². The third-order valence-corrected chi connectivity index (χ3v) is 10.6. The highest BCUT2D eigenvalue weighted by Gasteiger charge is 2.35. The molecule has 3 aromatic carbocycles.